The highest BCUT2D eigenvalue weighted by molar-refractivity contribution is 6.35. The molecule has 1 aromatic carbocycles. The average Bonchev–Trinajstić information content (AvgIpc) is 2.79. The van der Waals surface area contributed by atoms with Gasteiger partial charge in [0.15, 0.2) is 0 Å². The van der Waals surface area contributed by atoms with Crippen molar-refractivity contribution in [3.63, 3.8) is 0 Å². The molecule has 0 aliphatic carbocycles. The van der Waals surface area contributed by atoms with Crippen LogP contribution >= 0.6 is 11.6 Å². The van der Waals surface area contributed by atoms with Gasteiger partial charge in [0.2, 0.25) is 0 Å². The summed E-state index contributed by atoms with van der Waals surface area (Å²) in [5.74, 6) is -1.37. The van der Waals surface area contributed by atoms with E-state index in [4.69, 9.17) is 16.7 Å². The first-order chi connectivity index (χ1) is 9.47. The number of rotatable bonds is 4. The molecule has 0 saturated heterocycles. The van der Waals surface area contributed by atoms with E-state index < -0.39 is 5.97 Å². The van der Waals surface area contributed by atoms with Gasteiger partial charge in [-0.25, -0.2) is 0 Å². The molecule has 0 spiro atoms. The summed E-state index contributed by atoms with van der Waals surface area (Å²) in [6.07, 6.45) is 2.82. The lowest BCUT2D eigenvalue weighted by atomic mass is 10.1. The predicted octanol–water partition coefficient (Wildman–Crippen LogP) is 2.18. The molecule has 0 aliphatic heterocycles. The van der Waals surface area contributed by atoms with Crippen LogP contribution < -0.4 is 5.32 Å². The molecule has 6 nitrogen and oxygen atoms in total. The van der Waals surface area contributed by atoms with E-state index in [1.165, 1.54) is 17.1 Å². The average molecular weight is 294 g/mol. The number of aliphatic carboxylic acids is 1. The van der Waals surface area contributed by atoms with Gasteiger partial charge in [0, 0.05) is 6.20 Å². The number of benzene rings is 1. The molecule has 0 atom stereocenters. The molecule has 0 aliphatic rings. The van der Waals surface area contributed by atoms with E-state index in [1.54, 1.807) is 12.1 Å². The Morgan fingerprint density at radius 3 is 2.90 bits per heavy atom. The van der Waals surface area contributed by atoms with Crippen LogP contribution in [0.3, 0.4) is 0 Å². The van der Waals surface area contributed by atoms with Crippen LogP contribution in [0.5, 0.6) is 0 Å². The van der Waals surface area contributed by atoms with Crippen molar-refractivity contribution in [1.82, 2.24) is 9.78 Å². The summed E-state index contributed by atoms with van der Waals surface area (Å²) in [5.41, 5.74) is 1.58. The molecule has 7 heteroatoms. The molecular formula is C13H12ClN3O3. The van der Waals surface area contributed by atoms with Gasteiger partial charge in [0.25, 0.3) is 5.91 Å². The van der Waals surface area contributed by atoms with Gasteiger partial charge in [-0.15, -0.1) is 0 Å². The maximum absolute atomic E-state index is 12.1. The third-order valence-electron chi connectivity index (χ3n) is 2.62. The smallest absolute Gasteiger partial charge is 0.325 e. The Hall–Kier alpha value is -2.34. The molecule has 104 valence electrons. The van der Waals surface area contributed by atoms with Crippen LogP contribution in [-0.2, 0) is 11.3 Å². The lowest BCUT2D eigenvalue weighted by molar-refractivity contribution is -0.137. The van der Waals surface area contributed by atoms with Crippen molar-refractivity contribution in [2.24, 2.45) is 0 Å². The van der Waals surface area contributed by atoms with Crippen LogP contribution in [0.25, 0.3) is 0 Å². The van der Waals surface area contributed by atoms with Crippen molar-refractivity contribution < 1.29 is 14.7 Å². The van der Waals surface area contributed by atoms with Crippen LogP contribution in [0, 0.1) is 6.92 Å². The first kappa shape index (κ1) is 14.1. The van der Waals surface area contributed by atoms with Gasteiger partial charge in [0.05, 0.1) is 22.5 Å². The molecule has 20 heavy (non-hydrogen) atoms. The standard InChI is InChI=1S/C13H12ClN3O3/c1-8-3-2-4-10(12(8)14)13(20)16-9-5-15-17(6-9)7-11(18)19/h2-6H,7H2,1H3,(H,16,20)(H,18,19). The Balaban J connectivity index is 2.13. The van der Waals surface area contributed by atoms with E-state index in [0.717, 1.165) is 5.56 Å². The number of aryl methyl sites for hydroxylation is 1. The van der Waals surface area contributed by atoms with Gasteiger partial charge in [-0.2, -0.15) is 5.10 Å². The van der Waals surface area contributed by atoms with Crippen LogP contribution in [0.1, 0.15) is 15.9 Å². The molecule has 2 rings (SSSR count). The van der Waals surface area contributed by atoms with Crippen molar-refractivity contribution in [2.45, 2.75) is 13.5 Å². The largest absolute Gasteiger partial charge is 0.480 e. The fourth-order valence-corrected chi connectivity index (χ4v) is 1.89. The van der Waals surface area contributed by atoms with E-state index in [2.05, 4.69) is 10.4 Å². The molecule has 2 aromatic rings. The summed E-state index contributed by atoms with van der Waals surface area (Å²) in [6.45, 7) is 1.55. The van der Waals surface area contributed by atoms with E-state index in [0.29, 0.717) is 16.3 Å². The van der Waals surface area contributed by atoms with Crippen molar-refractivity contribution in [2.75, 3.05) is 5.32 Å². The highest BCUT2D eigenvalue weighted by Crippen LogP contribution is 2.21. The second-order valence-electron chi connectivity index (χ2n) is 4.21. The summed E-state index contributed by atoms with van der Waals surface area (Å²) in [5, 5.41) is 15.5. The first-order valence-corrected chi connectivity index (χ1v) is 6.16. The minimum Gasteiger partial charge on any atom is -0.480 e. The lowest BCUT2D eigenvalue weighted by Crippen LogP contribution is -2.12. The maximum atomic E-state index is 12.1. The summed E-state index contributed by atoms with van der Waals surface area (Å²) in [6, 6.07) is 5.17. The number of nitrogens with zero attached hydrogens (tertiary/aromatic N) is 2. The highest BCUT2D eigenvalue weighted by atomic mass is 35.5. The number of carboxylic acid groups (broad SMARTS) is 1. The Morgan fingerprint density at radius 1 is 1.45 bits per heavy atom. The number of carbonyl (C=O) groups excluding carboxylic acids is 1. The van der Waals surface area contributed by atoms with Crippen LogP contribution in [0.2, 0.25) is 5.02 Å². The SMILES string of the molecule is Cc1cccc(C(=O)Nc2cnn(CC(=O)O)c2)c1Cl. The topological polar surface area (TPSA) is 84.2 Å². The third-order valence-corrected chi connectivity index (χ3v) is 3.13. The van der Waals surface area contributed by atoms with Crippen molar-refractivity contribution in [1.29, 1.82) is 0 Å². The Labute approximate surface area is 120 Å². The molecule has 0 saturated carbocycles. The molecule has 0 radical (unpaired) electrons. The van der Waals surface area contributed by atoms with E-state index in [-0.39, 0.29) is 12.5 Å². The molecule has 1 amide bonds. The molecule has 1 heterocycles. The van der Waals surface area contributed by atoms with Gasteiger partial charge in [-0.3, -0.25) is 14.3 Å². The normalized spacial score (nSPS) is 10.3. The minimum atomic E-state index is -1.01. The monoisotopic (exact) mass is 293 g/mol. The molecule has 0 unspecified atom stereocenters. The Morgan fingerprint density at radius 2 is 2.20 bits per heavy atom. The van der Waals surface area contributed by atoms with Gasteiger partial charge < -0.3 is 10.4 Å². The van der Waals surface area contributed by atoms with Gasteiger partial charge in [0.1, 0.15) is 6.54 Å². The number of amides is 1. The van der Waals surface area contributed by atoms with Gasteiger partial charge in [-0.05, 0) is 18.6 Å². The zero-order valence-corrected chi connectivity index (χ0v) is 11.4. The Kier molecular flexibility index (Phi) is 4.05. The molecular weight excluding hydrogens is 282 g/mol. The fraction of sp³-hybridized carbons (Fsp3) is 0.154. The summed E-state index contributed by atoms with van der Waals surface area (Å²) >= 11 is 6.07. The molecule has 2 N–H and O–H groups in total. The number of carbonyl (C=O) groups is 2. The zero-order valence-electron chi connectivity index (χ0n) is 10.6. The number of nitrogens with one attached hydrogen (secondary N) is 1. The third kappa shape index (κ3) is 3.16. The fourth-order valence-electron chi connectivity index (χ4n) is 1.67. The van der Waals surface area contributed by atoms with Gasteiger partial charge >= 0.3 is 5.97 Å². The quantitative estimate of drug-likeness (QED) is 0.905. The lowest BCUT2D eigenvalue weighted by Gasteiger charge is -2.06. The van der Waals surface area contributed by atoms with Crippen molar-refractivity contribution in [3.05, 3.63) is 46.7 Å². The maximum Gasteiger partial charge on any atom is 0.325 e. The first-order valence-electron chi connectivity index (χ1n) is 5.78. The molecule has 1 aromatic heterocycles. The number of halogens is 1. The summed E-state index contributed by atoms with van der Waals surface area (Å²) < 4.78 is 1.22. The second kappa shape index (κ2) is 5.75. The second-order valence-corrected chi connectivity index (χ2v) is 4.59. The number of hydrogen-bond donors (Lipinski definition) is 2. The van der Waals surface area contributed by atoms with E-state index in [9.17, 15) is 9.59 Å². The number of carboxylic acids is 1. The van der Waals surface area contributed by atoms with E-state index >= 15 is 0 Å². The predicted molar refractivity (Wildman–Crippen MR) is 74.0 cm³/mol. The molecule has 0 bridgehead atoms. The summed E-state index contributed by atoms with van der Waals surface area (Å²) in [4.78, 5) is 22.6. The zero-order chi connectivity index (χ0) is 14.7. The van der Waals surface area contributed by atoms with Gasteiger partial charge in [-0.1, -0.05) is 23.7 Å². The van der Waals surface area contributed by atoms with E-state index in [1.807, 2.05) is 13.0 Å². The van der Waals surface area contributed by atoms with Crippen molar-refractivity contribution >= 4 is 29.2 Å². The highest BCUT2D eigenvalue weighted by Gasteiger charge is 2.13. The van der Waals surface area contributed by atoms with Crippen LogP contribution in [0.15, 0.2) is 30.6 Å². The minimum absolute atomic E-state index is 0.263. The van der Waals surface area contributed by atoms with Crippen LogP contribution in [-0.4, -0.2) is 26.8 Å². The molecule has 0 fully saturated rings. The van der Waals surface area contributed by atoms with Crippen LogP contribution in [0.4, 0.5) is 5.69 Å². The number of aromatic nitrogens is 2. The number of anilines is 1. The number of hydrogen-bond acceptors (Lipinski definition) is 3. The van der Waals surface area contributed by atoms with Crippen molar-refractivity contribution in [3.8, 4) is 0 Å². The Bertz CT molecular complexity index is 667. The summed E-state index contributed by atoms with van der Waals surface area (Å²) in [7, 11) is 0.